The van der Waals surface area contributed by atoms with E-state index in [0.29, 0.717) is 13.0 Å². The standard InChI is InChI=1S/C15H21NO4/c1-3-4-14(17)16(10-9-15(18)19)11-12-5-7-13(20-2)8-6-12/h5-8H,3-4,9-11H2,1-2H3,(H,18,19). The number of ether oxygens (including phenoxy) is 1. The fourth-order valence-corrected chi connectivity index (χ4v) is 1.85. The van der Waals surface area contributed by atoms with E-state index in [1.54, 1.807) is 12.0 Å². The molecule has 0 bridgehead atoms. The third-order valence-corrected chi connectivity index (χ3v) is 2.94. The average molecular weight is 279 g/mol. The Morgan fingerprint density at radius 1 is 1.20 bits per heavy atom. The van der Waals surface area contributed by atoms with Gasteiger partial charge in [-0.05, 0) is 24.1 Å². The Bertz CT molecular complexity index is 442. The predicted octanol–water partition coefficient (Wildman–Crippen LogP) is 2.30. The molecule has 0 heterocycles. The number of carbonyl (C=O) groups excluding carboxylic acids is 1. The second-order valence-electron chi connectivity index (χ2n) is 4.56. The summed E-state index contributed by atoms with van der Waals surface area (Å²) >= 11 is 0. The van der Waals surface area contributed by atoms with E-state index >= 15 is 0 Å². The highest BCUT2D eigenvalue weighted by Gasteiger charge is 2.14. The van der Waals surface area contributed by atoms with Gasteiger partial charge in [-0.1, -0.05) is 19.1 Å². The number of carboxylic acid groups (broad SMARTS) is 1. The molecule has 0 aliphatic rings. The van der Waals surface area contributed by atoms with Crippen LogP contribution in [-0.2, 0) is 16.1 Å². The maximum absolute atomic E-state index is 12.0. The quantitative estimate of drug-likeness (QED) is 0.793. The van der Waals surface area contributed by atoms with Crippen LogP contribution in [0.3, 0.4) is 0 Å². The molecule has 1 aromatic carbocycles. The van der Waals surface area contributed by atoms with E-state index < -0.39 is 5.97 Å². The minimum atomic E-state index is -0.894. The van der Waals surface area contributed by atoms with Crippen molar-refractivity contribution in [2.75, 3.05) is 13.7 Å². The maximum Gasteiger partial charge on any atom is 0.305 e. The summed E-state index contributed by atoms with van der Waals surface area (Å²) in [7, 11) is 1.60. The van der Waals surface area contributed by atoms with Crippen molar-refractivity contribution < 1.29 is 19.4 Å². The molecule has 5 heteroatoms. The fourth-order valence-electron chi connectivity index (χ4n) is 1.85. The summed E-state index contributed by atoms with van der Waals surface area (Å²) in [6.07, 6.45) is 1.16. The van der Waals surface area contributed by atoms with Crippen LogP contribution in [-0.4, -0.2) is 35.5 Å². The number of hydrogen-bond donors (Lipinski definition) is 1. The van der Waals surface area contributed by atoms with Crippen LogP contribution in [0.15, 0.2) is 24.3 Å². The number of methoxy groups -OCH3 is 1. The molecule has 1 aromatic rings. The number of carboxylic acids is 1. The number of nitrogens with zero attached hydrogens (tertiary/aromatic N) is 1. The molecular weight excluding hydrogens is 258 g/mol. The number of aliphatic carboxylic acids is 1. The molecule has 0 aliphatic carbocycles. The summed E-state index contributed by atoms with van der Waals surface area (Å²) in [4.78, 5) is 24.3. The monoisotopic (exact) mass is 279 g/mol. The van der Waals surface area contributed by atoms with E-state index in [4.69, 9.17) is 9.84 Å². The number of carbonyl (C=O) groups is 2. The molecule has 1 rings (SSSR count). The lowest BCUT2D eigenvalue weighted by molar-refractivity contribution is -0.138. The van der Waals surface area contributed by atoms with Gasteiger partial charge >= 0.3 is 5.97 Å². The van der Waals surface area contributed by atoms with Crippen LogP contribution < -0.4 is 4.74 Å². The SMILES string of the molecule is CCCC(=O)N(CCC(=O)O)Cc1ccc(OC)cc1. The van der Waals surface area contributed by atoms with Gasteiger partial charge in [0.25, 0.3) is 0 Å². The molecule has 0 saturated heterocycles. The summed E-state index contributed by atoms with van der Waals surface area (Å²) in [6.45, 7) is 2.59. The van der Waals surface area contributed by atoms with Gasteiger partial charge < -0.3 is 14.7 Å². The third-order valence-electron chi connectivity index (χ3n) is 2.94. The molecule has 0 saturated carbocycles. The second kappa shape index (κ2) is 8.19. The Morgan fingerprint density at radius 2 is 1.85 bits per heavy atom. The van der Waals surface area contributed by atoms with Gasteiger partial charge in [0.2, 0.25) is 5.91 Å². The molecule has 0 spiro atoms. The molecule has 5 nitrogen and oxygen atoms in total. The largest absolute Gasteiger partial charge is 0.497 e. The van der Waals surface area contributed by atoms with Gasteiger partial charge in [0.1, 0.15) is 5.75 Å². The van der Waals surface area contributed by atoms with E-state index in [1.165, 1.54) is 0 Å². The van der Waals surface area contributed by atoms with E-state index in [9.17, 15) is 9.59 Å². The lowest BCUT2D eigenvalue weighted by Crippen LogP contribution is -2.32. The highest BCUT2D eigenvalue weighted by atomic mass is 16.5. The van der Waals surface area contributed by atoms with Crippen molar-refractivity contribution in [3.05, 3.63) is 29.8 Å². The Morgan fingerprint density at radius 3 is 2.35 bits per heavy atom. The van der Waals surface area contributed by atoms with Gasteiger partial charge in [-0.25, -0.2) is 0 Å². The molecule has 0 radical (unpaired) electrons. The van der Waals surface area contributed by atoms with Gasteiger partial charge in [-0.3, -0.25) is 9.59 Å². The molecule has 0 fully saturated rings. The molecule has 0 atom stereocenters. The first-order valence-electron chi connectivity index (χ1n) is 6.69. The van der Waals surface area contributed by atoms with Crippen molar-refractivity contribution in [2.24, 2.45) is 0 Å². The van der Waals surface area contributed by atoms with Gasteiger partial charge in [-0.2, -0.15) is 0 Å². The van der Waals surface area contributed by atoms with E-state index in [1.807, 2.05) is 31.2 Å². The smallest absolute Gasteiger partial charge is 0.305 e. The van der Waals surface area contributed by atoms with Crippen LogP contribution in [0.1, 0.15) is 31.7 Å². The van der Waals surface area contributed by atoms with Crippen molar-refractivity contribution in [1.82, 2.24) is 4.90 Å². The van der Waals surface area contributed by atoms with Crippen LogP contribution >= 0.6 is 0 Å². The number of amides is 1. The zero-order chi connectivity index (χ0) is 15.0. The Hall–Kier alpha value is -2.04. The Balaban J connectivity index is 2.70. The van der Waals surface area contributed by atoms with Crippen LogP contribution in [0.25, 0.3) is 0 Å². The average Bonchev–Trinajstić information content (AvgIpc) is 2.44. The van der Waals surface area contributed by atoms with Crippen molar-refractivity contribution in [2.45, 2.75) is 32.7 Å². The highest BCUT2D eigenvalue weighted by Crippen LogP contribution is 2.14. The van der Waals surface area contributed by atoms with E-state index in [0.717, 1.165) is 17.7 Å². The van der Waals surface area contributed by atoms with E-state index in [2.05, 4.69) is 0 Å². The third kappa shape index (κ3) is 5.30. The van der Waals surface area contributed by atoms with Crippen LogP contribution in [0, 0.1) is 0 Å². The summed E-state index contributed by atoms with van der Waals surface area (Å²) in [5.41, 5.74) is 0.959. The number of hydrogen-bond acceptors (Lipinski definition) is 3. The number of benzene rings is 1. The summed E-state index contributed by atoms with van der Waals surface area (Å²) in [5.74, 6) is -0.149. The first kappa shape index (κ1) is 16.0. The van der Waals surface area contributed by atoms with Gasteiger partial charge in [0.05, 0.1) is 13.5 Å². The maximum atomic E-state index is 12.0. The number of rotatable bonds is 8. The molecule has 20 heavy (non-hydrogen) atoms. The topological polar surface area (TPSA) is 66.8 Å². The molecule has 0 aliphatic heterocycles. The Labute approximate surface area is 119 Å². The normalized spacial score (nSPS) is 10.1. The zero-order valence-corrected chi connectivity index (χ0v) is 12.0. The highest BCUT2D eigenvalue weighted by molar-refractivity contribution is 5.77. The first-order chi connectivity index (χ1) is 9.56. The summed E-state index contributed by atoms with van der Waals surface area (Å²) < 4.78 is 5.08. The zero-order valence-electron chi connectivity index (χ0n) is 12.0. The van der Waals surface area contributed by atoms with Gasteiger partial charge in [-0.15, -0.1) is 0 Å². The lowest BCUT2D eigenvalue weighted by atomic mass is 10.2. The van der Waals surface area contributed by atoms with Gasteiger partial charge in [0.15, 0.2) is 0 Å². The van der Waals surface area contributed by atoms with Crippen molar-refractivity contribution in [3.63, 3.8) is 0 Å². The fraction of sp³-hybridized carbons (Fsp3) is 0.467. The molecule has 110 valence electrons. The van der Waals surface area contributed by atoms with Crippen LogP contribution in [0.2, 0.25) is 0 Å². The van der Waals surface area contributed by atoms with Crippen molar-refractivity contribution >= 4 is 11.9 Å². The van der Waals surface area contributed by atoms with Crippen LogP contribution in [0.5, 0.6) is 5.75 Å². The molecule has 1 amide bonds. The Kier molecular flexibility index (Phi) is 6.56. The molecular formula is C15H21NO4. The van der Waals surface area contributed by atoms with Crippen LogP contribution in [0.4, 0.5) is 0 Å². The minimum absolute atomic E-state index is 0.00966. The van der Waals surface area contributed by atoms with Crippen molar-refractivity contribution in [1.29, 1.82) is 0 Å². The predicted molar refractivity (Wildman–Crippen MR) is 75.6 cm³/mol. The van der Waals surface area contributed by atoms with Crippen molar-refractivity contribution in [3.8, 4) is 5.75 Å². The second-order valence-corrected chi connectivity index (χ2v) is 4.56. The molecule has 0 aromatic heterocycles. The lowest BCUT2D eigenvalue weighted by Gasteiger charge is -2.22. The summed E-state index contributed by atoms with van der Waals surface area (Å²) in [6, 6.07) is 7.42. The van der Waals surface area contributed by atoms with Gasteiger partial charge in [0, 0.05) is 19.5 Å². The van der Waals surface area contributed by atoms with E-state index in [-0.39, 0.29) is 18.9 Å². The summed E-state index contributed by atoms with van der Waals surface area (Å²) in [5, 5.41) is 8.75. The molecule has 1 N–H and O–H groups in total. The minimum Gasteiger partial charge on any atom is -0.497 e. The first-order valence-corrected chi connectivity index (χ1v) is 6.69. The molecule has 0 unspecified atom stereocenters.